The maximum absolute atomic E-state index is 12.1. The average molecular weight is 282 g/mol. The van der Waals surface area contributed by atoms with Crippen LogP contribution in [0.25, 0.3) is 0 Å². The summed E-state index contributed by atoms with van der Waals surface area (Å²) in [6.45, 7) is 8.75. The van der Waals surface area contributed by atoms with E-state index in [0.29, 0.717) is 13.0 Å². The monoisotopic (exact) mass is 282 g/mol. The smallest absolute Gasteiger partial charge is 0.222 e. The number of amides is 1. The second kappa shape index (κ2) is 5.86. The minimum atomic E-state index is 0.241. The molecule has 1 N–H and O–H groups in total. The number of aromatic nitrogens is 2. The Morgan fingerprint density at radius 3 is 2.89 bits per heavy atom. The van der Waals surface area contributed by atoms with E-state index < -0.39 is 0 Å². The summed E-state index contributed by atoms with van der Waals surface area (Å²) in [6, 6.07) is 0. The zero-order chi connectivity index (χ0) is 13.9. The third kappa shape index (κ3) is 3.89. The third-order valence-electron chi connectivity index (χ3n) is 3.55. The van der Waals surface area contributed by atoms with Crippen LogP contribution in [0.4, 0.5) is 5.13 Å². The van der Waals surface area contributed by atoms with Crippen molar-refractivity contribution in [3.05, 3.63) is 5.01 Å². The summed E-state index contributed by atoms with van der Waals surface area (Å²) in [5.41, 5.74) is 0.264. The normalized spacial score (nSPS) is 19.3. The number of nitrogens with one attached hydrogen (secondary N) is 1. The number of hydrogen-bond acceptors (Lipinski definition) is 5. The van der Waals surface area contributed by atoms with E-state index in [2.05, 4.69) is 29.4 Å². The number of carbonyl (C=O) groups is 1. The number of hydrogen-bond donors (Lipinski definition) is 1. The summed E-state index contributed by atoms with van der Waals surface area (Å²) in [5.74, 6) is 0.241. The molecule has 19 heavy (non-hydrogen) atoms. The van der Waals surface area contributed by atoms with Gasteiger partial charge in [0.25, 0.3) is 0 Å². The Bertz CT molecular complexity index is 444. The first-order valence-electron chi connectivity index (χ1n) is 6.84. The quantitative estimate of drug-likeness (QED) is 0.922. The Labute approximate surface area is 118 Å². The highest BCUT2D eigenvalue weighted by Crippen LogP contribution is 2.31. The molecule has 0 aromatic carbocycles. The van der Waals surface area contributed by atoms with E-state index in [1.54, 1.807) is 0 Å². The molecule has 1 aromatic heterocycles. The average Bonchev–Trinajstić information content (AvgIpc) is 2.74. The molecule has 0 bridgehead atoms. The molecule has 0 radical (unpaired) electrons. The van der Waals surface area contributed by atoms with E-state index in [4.69, 9.17) is 0 Å². The van der Waals surface area contributed by atoms with E-state index in [0.717, 1.165) is 36.1 Å². The lowest BCUT2D eigenvalue weighted by molar-refractivity contribution is -0.131. The second-order valence-corrected chi connectivity index (χ2v) is 6.82. The Hall–Kier alpha value is -1.17. The van der Waals surface area contributed by atoms with Crippen LogP contribution in [0.5, 0.6) is 0 Å². The molecule has 5 nitrogen and oxygen atoms in total. The largest absolute Gasteiger partial charge is 0.360 e. The van der Waals surface area contributed by atoms with E-state index in [9.17, 15) is 4.79 Å². The molecule has 6 heteroatoms. The molecule has 1 aliphatic rings. The number of carbonyl (C=O) groups excluding carboxylic acids is 1. The van der Waals surface area contributed by atoms with Crippen molar-refractivity contribution in [2.75, 3.05) is 18.4 Å². The maximum Gasteiger partial charge on any atom is 0.222 e. The summed E-state index contributed by atoms with van der Waals surface area (Å²) in [7, 11) is 0. The zero-order valence-corrected chi connectivity index (χ0v) is 12.7. The van der Waals surface area contributed by atoms with Crippen LogP contribution in [0.3, 0.4) is 0 Å². The summed E-state index contributed by atoms with van der Waals surface area (Å²) in [6.07, 6.45) is 2.67. The summed E-state index contributed by atoms with van der Waals surface area (Å²) in [5, 5.41) is 13.1. The molecule has 1 aromatic rings. The fourth-order valence-corrected chi connectivity index (χ4v) is 2.98. The molecule has 0 spiro atoms. The van der Waals surface area contributed by atoms with Crippen molar-refractivity contribution in [1.82, 2.24) is 15.1 Å². The Kier molecular flexibility index (Phi) is 4.39. The van der Waals surface area contributed by atoms with Crippen molar-refractivity contribution < 1.29 is 4.79 Å². The van der Waals surface area contributed by atoms with Crippen LogP contribution in [0.1, 0.15) is 45.0 Å². The van der Waals surface area contributed by atoms with E-state index >= 15 is 0 Å². The molecule has 1 fully saturated rings. The van der Waals surface area contributed by atoms with Crippen LogP contribution in [0, 0.1) is 5.41 Å². The van der Waals surface area contributed by atoms with Crippen LogP contribution in [-0.2, 0) is 11.3 Å². The maximum atomic E-state index is 12.1. The van der Waals surface area contributed by atoms with Gasteiger partial charge in [-0.3, -0.25) is 4.79 Å². The molecule has 2 heterocycles. The van der Waals surface area contributed by atoms with Gasteiger partial charge >= 0.3 is 0 Å². The van der Waals surface area contributed by atoms with Crippen molar-refractivity contribution >= 4 is 22.4 Å². The highest BCUT2D eigenvalue weighted by molar-refractivity contribution is 7.15. The molecule has 0 saturated carbocycles. The number of likely N-dealkylation sites (tertiary alicyclic amines) is 1. The molecule has 0 unspecified atom stereocenters. The molecule has 0 aliphatic carbocycles. The van der Waals surface area contributed by atoms with Gasteiger partial charge in [0.1, 0.15) is 5.01 Å². The zero-order valence-electron chi connectivity index (χ0n) is 11.9. The Morgan fingerprint density at radius 2 is 2.16 bits per heavy atom. The van der Waals surface area contributed by atoms with Gasteiger partial charge in [-0.1, -0.05) is 25.2 Å². The number of anilines is 1. The second-order valence-electron chi connectivity index (χ2n) is 5.76. The SMILES string of the molecule is CCNc1nnc(CN2CCC(C)(C)CCC2=O)s1. The molecule has 1 saturated heterocycles. The predicted molar refractivity (Wildman–Crippen MR) is 77.1 cm³/mol. The van der Waals surface area contributed by atoms with E-state index in [-0.39, 0.29) is 11.3 Å². The van der Waals surface area contributed by atoms with Gasteiger partial charge in [0.2, 0.25) is 11.0 Å². The van der Waals surface area contributed by atoms with Gasteiger partial charge in [-0.15, -0.1) is 10.2 Å². The molecule has 1 amide bonds. The first kappa shape index (κ1) is 14.2. The van der Waals surface area contributed by atoms with E-state index in [1.165, 1.54) is 11.3 Å². The topological polar surface area (TPSA) is 58.1 Å². The van der Waals surface area contributed by atoms with Crippen molar-refractivity contribution in [2.24, 2.45) is 5.41 Å². The van der Waals surface area contributed by atoms with Gasteiger partial charge in [0.05, 0.1) is 6.54 Å². The molecular formula is C13H22N4OS. The summed E-state index contributed by atoms with van der Waals surface area (Å²) >= 11 is 1.53. The predicted octanol–water partition coefficient (Wildman–Crippen LogP) is 2.51. The van der Waals surface area contributed by atoms with Crippen molar-refractivity contribution in [3.63, 3.8) is 0 Å². The van der Waals surface area contributed by atoms with Crippen LogP contribution in [0.2, 0.25) is 0 Å². The van der Waals surface area contributed by atoms with Gasteiger partial charge in [-0.05, 0) is 25.2 Å². The Morgan fingerprint density at radius 1 is 1.37 bits per heavy atom. The van der Waals surface area contributed by atoms with Gasteiger partial charge in [0.15, 0.2) is 0 Å². The number of rotatable bonds is 4. The van der Waals surface area contributed by atoms with Crippen LogP contribution in [0.15, 0.2) is 0 Å². The lowest BCUT2D eigenvalue weighted by atomic mass is 9.85. The molecule has 1 aliphatic heterocycles. The van der Waals surface area contributed by atoms with Gasteiger partial charge < -0.3 is 10.2 Å². The van der Waals surface area contributed by atoms with Crippen molar-refractivity contribution in [3.8, 4) is 0 Å². The highest BCUT2D eigenvalue weighted by atomic mass is 32.1. The van der Waals surface area contributed by atoms with Gasteiger partial charge in [-0.25, -0.2) is 0 Å². The standard InChI is InChI=1S/C13H22N4OS/c1-4-14-12-16-15-10(19-12)9-17-8-7-13(2,3)6-5-11(17)18/h4-9H2,1-3H3,(H,14,16). The van der Waals surface area contributed by atoms with Crippen molar-refractivity contribution in [2.45, 2.75) is 46.6 Å². The molecule has 0 atom stereocenters. The Balaban J connectivity index is 1.98. The summed E-state index contributed by atoms with van der Waals surface area (Å²) < 4.78 is 0. The molecule has 2 rings (SSSR count). The van der Waals surface area contributed by atoms with Gasteiger partial charge in [-0.2, -0.15) is 0 Å². The highest BCUT2D eigenvalue weighted by Gasteiger charge is 2.27. The molecular weight excluding hydrogens is 260 g/mol. The third-order valence-corrected chi connectivity index (χ3v) is 4.41. The van der Waals surface area contributed by atoms with E-state index in [1.807, 2.05) is 11.8 Å². The van der Waals surface area contributed by atoms with Gasteiger partial charge in [0, 0.05) is 19.5 Å². The van der Waals surface area contributed by atoms with Crippen LogP contribution >= 0.6 is 11.3 Å². The van der Waals surface area contributed by atoms with Crippen LogP contribution in [-0.4, -0.2) is 34.1 Å². The lowest BCUT2D eigenvalue weighted by Gasteiger charge is -2.22. The van der Waals surface area contributed by atoms with Crippen LogP contribution < -0.4 is 5.32 Å². The lowest BCUT2D eigenvalue weighted by Crippen LogP contribution is -2.30. The number of nitrogens with zero attached hydrogens (tertiary/aromatic N) is 3. The first-order chi connectivity index (χ1) is 9.00. The molecule has 106 valence electrons. The fraction of sp³-hybridized carbons (Fsp3) is 0.769. The first-order valence-corrected chi connectivity index (χ1v) is 7.66. The minimum absolute atomic E-state index is 0.241. The minimum Gasteiger partial charge on any atom is -0.360 e. The fourth-order valence-electron chi connectivity index (χ4n) is 2.16. The van der Waals surface area contributed by atoms with Crippen molar-refractivity contribution in [1.29, 1.82) is 0 Å². The summed E-state index contributed by atoms with van der Waals surface area (Å²) in [4.78, 5) is 14.0.